The number of nitrogens with two attached hydrogens (primary N) is 2. The van der Waals surface area contributed by atoms with Crippen molar-refractivity contribution in [2.75, 3.05) is 13.2 Å². The summed E-state index contributed by atoms with van der Waals surface area (Å²) in [4.78, 5) is 21.9. The van der Waals surface area contributed by atoms with Crippen LogP contribution >= 0.6 is 0 Å². The molecule has 24 heavy (non-hydrogen) atoms. The zero-order valence-electron chi connectivity index (χ0n) is 15.9. The number of rotatable bonds is 12. The third-order valence-electron chi connectivity index (χ3n) is 5.38. The fraction of sp³-hybridized carbons (Fsp3) is 0.889. The molecule has 0 aromatic carbocycles. The molecule has 0 aliphatic rings. The molecule has 0 aliphatic carbocycles. The molecule has 0 spiro atoms. The molecule has 0 rings (SSSR count). The summed E-state index contributed by atoms with van der Waals surface area (Å²) in [6, 6.07) is 0. The van der Waals surface area contributed by atoms with E-state index in [4.69, 9.17) is 21.7 Å². The van der Waals surface area contributed by atoms with Gasteiger partial charge in [0, 0.05) is 25.0 Å². The molecular weight excluding hydrogens is 308 g/mol. The molecule has 0 saturated carbocycles. The fourth-order valence-corrected chi connectivity index (χ4v) is 3.04. The Labute approximate surface area is 147 Å². The number of aliphatic hydroxyl groups excluding tert-OH is 2. The van der Waals surface area contributed by atoms with Crippen LogP contribution in [0.3, 0.4) is 0 Å². The zero-order valence-corrected chi connectivity index (χ0v) is 15.9. The first kappa shape index (κ1) is 25.1. The Bertz CT molecular complexity index is 351. The molecule has 6 N–H and O–H groups in total. The molecule has 0 bridgehead atoms. The Hall–Kier alpha value is -1.14. The Kier molecular flexibility index (Phi) is 13.8. The van der Waals surface area contributed by atoms with Gasteiger partial charge in [0.05, 0.1) is 0 Å². The second kappa shape index (κ2) is 13.2. The summed E-state index contributed by atoms with van der Waals surface area (Å²) in [7, 11) is 0. The van der Waals surface area contributed by atoms with Gasteiger partial charge in [0.15, 0.2) is 0 Å². The number of hydrogen-bond donors (Lipinski definition) is 4. The highest BCUT2D eigenvalue weighted by Crippen LogP contribution is 2.33. The molecule has 0 heterocycles. The van der Waals surface area contributed by atoms with Gasteiger partial charge < -0.3 is 21.7 Å². The average molecular weight is 347 g/mol. The van der Waals surface area contributed by atoms with Crippen LogP contribution in [0.4, 0.5) is 0 Å². The van der Waals surface area contributed by atoms with Crippen molar-refractivity contribution in [2.45, 2.75) is 79.1 Å². The van der Waals surface area contributed by atoms with Crippen LogP contribution in [0.5, 0.6) is 0 Å². The van der Waals surface area contributed by atoms with Gasteiger partial charge in [-0.25, -0.2) is 0 Å². The SMILES string of the molecule is CCC(CC)(CCCO)C(N)=O.CCC(CC)(CCO)CC(N)=O. The van der Waals surface area contributed by atoms with E-state index in [1.54, 1.807) is 0 Å². The molecule has 0 unspecified atom stereocenters. The van der Waals surface area contributed by atoms with Gasteiger partial charge in [-0.1, -0.05) is 27.7 Å². The number of carbonyl (C=O) groups is 2. The first-order valence-electron chi connectivity index (χ1n) is 9.02. The highest BCUT2D eigenvalue weighted by atomic mass is 16.3. The van der Waals surface area contributed by atoms with Gasteiger partial charge in [0.2, 0.25) is 11.8 Å². The van der Waals surface area contributed by atoms with Crippen molar-refractivity contribution in [3.63, 3.8) is 0 Å². The third-order valence-corrected chi connectivity index (χ3v) is 5.38. The van der Waals surface area contributed by atoms with Gasteiger partial charge in [0.25, 0.3) is 0 Å². The molecular formula is C18H38N2O4. The van der Waals surface area contributed by atoms with E-state index in [-0.39, 0.29) is 35.9 Å². The van der Waals surface area contributed by atoms with Crippen LogP contribution in [0.15, 0.2) is 0 Å². The van der Waals surface area contributed by atoms with Crippen LogP contribution in [0.1, 0.15) is 79.1 Å². The minimum Gasteiger partial charge on any atom is -0.396 e. The van der Waals surface area contributed by atoms with Crippen LogP contribution in [-0.2, 0) is 9.59 Å². The quantitative estimate of drug-likeness (QED) is 0.431. The molecule has 0 fully saturated rings. The van der Waals surface area contributed by atoms with E-state index in [0.717, 1.165) is 25.7 Å². The lowest BCUT2D eigenvalue weighted by Gasteiger charge is -2.29. The zero-order chi connectivity index (χ0) is 19.2. The monoisotopic (exact) mass is 346 g/mol. The highest BCUT2D eigenvalue weighted by Gasteiger charge is 2.31. The summed E-state index contributed by atoms with van der Waals surface area (Å²) in [5.74, 6) is -0.506. The third kappa shape index (κ3) is 8.64. The Morgan fingerprint density at radius 2 is 1.33 bits per heavy atom. The predicted octanol–water partition coefficient (Wildman–Crippen LogP) is 2.10. The minimum absolute atomic E-state index is 0.0689. The van der Waals surface area contributed by atoms with Gasteiger partial charge in [-0.15, -0.1) is 0 Å². The van der Waals surface area contributed by atoms with Crippen molar-refractivity contribution in [1.29, 1.82) is 0 Å². The molecule has 0 aliphatic heterocycles. The number of carbonyl (C=O) groups excluding carboxylic acids is 2. The number of aliphatic hydroxyl groups is 2. The second-order valence-corrected chi connectivity index (χ2v) is 6.50. The molecule has 0 radical (unpaired) electrons. The van der Waals surface area contributed by atoms with Crippen molar-refractivity contribution < 1.29 is 19.8 Å². The van der Waals surface area contributed by atoms with Crippen molar-refractivity contribution in [1.82, 2.24) is 0 Å². The molecule has 0 atom stereocenters. The van der Waals surface area contributed by atoms with E-state index in [1.807, 2.05) is 27.7 Å². The van der Waals surface area contributed by atoms with E-state index < -0.39 is 0 Å². The summed E-state index contributed by atoms with van der Waals surface area (Å²) in [5, 5.41) is 17.5. The lowest BCUT2D eigenvalue weighted by atomic mass is 9.76. The lowest BCUT2D eigenvalue weighted by molar-refractivity contribution is -0.128. The van der Waals surface area contributed by atoms with E-state index in [1.165, 1.54) is 0 Å². The van der Waals surface area contributed by atoms with E-state index in [2.05, 4.69) is 0 Å². The lowest BCUT2D eigenvalue weighted by Crippen LogP contribution is -2.36. The van der Waals surface area contributed by atoms with Crippen molar-refractivity contribution in [3.8, 4) is 0 Å². The molecule has 2 amide bonds. The standard InChI is InChI=1S/2C9H19NO2/c1-3-9(4-2,5-6-11)7-8(10)12;1-3-9(4-2,8(10)12)6-5-7-11/h2*11H,3-7H2,1-2H3,(H2,10,12). The summed E-state index contributed by atoms with van der Waals surface area (Å²) < 4.78 is 0. The van der Waals surface area contributed by atoms with E-state index >= 15 is 0 Å². The number of hydrogen-bond acceptors (Lipinski definition) is 4. The van der Waals surface area contributed by atoms with Gasteiger partial charge in [-0.2, -0.15) is 0 Å². The average Bonchev–Trinajstić information content (AvgIpc) is 2.55. The largest absolute Gasteiger partial charge is 0.396 e. The van der Waals surface area contributed by atoms with Gasteiger partial charge in [0.1, 0.15) is 0 Å². The number of amides is 2. The van der Waals surface area contributed by atoms with Crippen LogP contribution < -0.4 is 11.5 Å². The van der Waals surface area contributed by atoms with Crippen LogP contribution in [0, 0.1) is 10.8 Å². The van der Waals surface area contributed by atoms with Gasteiger partial charge in [-0.05, 0) is 50.4 Å². The second-order valence-electron chi connectivity index (χ2n) is 6.50. The van der Waals surface area contributed by atoms with Crippen LogP contribution in [0.2, 0.25) is 0 Å². The summed E-state index contributed by atoms with van der Waals surface area (Å²) in [6.07, 6.45) is 5.73. The van der Waals surface area contributed by atoms with Crippen LogP contribution in [-0.4, -0.2) is 35.2 Å². The Morgan fingerprint density at radius 1 is 0.833 bits per heavy atom. The smallest absolute Gasteiger partial charge is 0.223 e. The Balaban J connectivity index is 0. The van der Waals surface area contributed by atoms with E-state index in [9.17, 15) is 9.59 Å². The summed E-state index contributed by atoms with van der Waals surface area (Å²) in [6.45, 7) is 8.26. The topological polar surface area (TPSA) is 127 Å². The fourth-order valence-electron chi connectivity index (χ4n) is 3.04. The summed E-state index contributed by atoms with van der Waals surface area (Å²) in [5.41, 5.74) is 10.00. The van der Waals surface area contributed by atoms with Crippen LogP contribution in [0.25, 0.3) is 0 Å². The molecule has 0 aromatic rings. The highest BCUT2D eigenvalue weighted by molar-refractivity contribution is 5.80. The van der Waals surface area contributed by atoms with E-state index in [0.29, 0.717) is 25.7 Å². The first-order chi connectivity index (χ1) is 11.2. The first-order valence-corrected chi connectivity index (χ1v) is 9.02. The molecule has 144 valence electrons. The Morgan fingerprint density at radius 3 is 1.58 bits per heavy atom. The van der Waals surface area contributed by atoms with Gasteiger partial charge >= 0.3 is 0 Å². The molecule has 0 saturated heterocycles. The predicted molar refractivity (Wildman–Crippen MR) is 97.1 cm³/mol. The van der Waals surface area contributed by atoms with Crippen molar-refractivity contribution in [2.24, 2.45) is 22.3 Å². The normalized spacial score (nSPS) is 11.6. The molecule has 6 heteroatoms. The molecule has 0 aromatic heterocycles. The maximum Gasteiger partial charge on any atom is 0.223 e. The number of primary amides is 2. The van der Waals surface area contributed by atoms with Gasteiger partial charge in [-0.3, -0.25) is 9.59 Å². The summed E-state index contributed by atoms with van der Waals surface area (Å²) >= 11 is 0. The molecule has 6 nitrogen and oxygen atoms in total. The minimum atomic E-state index is -0.386. The van der Waals surface area contributed by atoms with Crippen molar-refractivity contribution in [3.05, 3.63) is 0 Å². The maximum atomic E-state index is 11.1. The van der Waals surface area contributed by atoms with Crippen molar-refractivity contribution >= 4 is 11.8 Å². The maximum absolute atomic E-state index is 11.1.